The summed E-state index contributed by atoms with van der Waals surface area (Å²) < 4.78 is 19.0. The molecule has 0 aliphatic rings. The lowest BCUT2D eigenvalue weighted by molar-refractivity contribution is 0.0955. The van der Waals surface area contributed by atoms with Gasteiger partial charge in [0.2, 0.25) is 0 Å². The molecule has 0 atom stereocenters. The number of benzene rings is 2. The van der Waals surface area contributed by atoms with Gasteiger partial charge in [0, 0.05) is 11.1 Å². The van der Waals surface area contributed by atoms with Crippen molar-refractivity contribution in [2.75, 3.05) is 0 Å². The maximum Gasteiger partial charge on any atom is 0.271 e. The molecule has 0 saturated heterocycles. The molecule has 0 aliphatic carbocycles. The molecule has 2 aromatic rings. The second-order valence-electron chi connectivity index (χ2n) is 5.03. The van der Waals surface area contributed by atoms with E-state index in [-0.39, 0.29) is 16.7 Å². The predicted molar refractivity (Wildman–Crippen MR) is 88.7 cm³/mol. The molecule has 0 unspecified atom stereocenters. The minimum atomic E-state index is -0.509. The van der Waals surface area contributed by atoms with Gasteiger partial charge in [-0.05, 0) is 50.2 Å². The van der Waals surface area contributed by atoms with Crippen molar-refractivity contribution < 1.29 is 13.9 Å². The molecule has 2 aromatic carbocycles. The topological polar surface area (TPSA) is 50.7 Å². The lowest BCUT2D eigenvalue weighted by Crippen LogP contribution is -2.17. The van der Waals surface area contributed by atoms with Crippen molar-refractivity contribution in [3.05, 3.63) is 64.4 Å². The van der Waals surface area contributed by atoms with E-state index in [0.717, 1.165) is 0 Å². The highest BCUT2D eigenvalue weighted by Crippen LogP contribution is 2.16. The summed E-state index contributed by atoms with van der Waals surface area (Å²) in [6, 6.07) is 11.0. The third-order valence-electron chi connectivity index (χ3n) is 2.85. The molecule has 0 fully saturated rings. The van der Waals surface area contributed by atoms with Crippen molar-refractivity contribution in [1.29, 1.82) is 0 Å². The average Bonchev–Trinajstić information content (AvgIpc) is 2.50. The van der Waals surface area contributed by atoms with Crippen LogP contribution in [0.15, 0.2) is 47.6 Å². The standard InChI is InChI=1S/C17H16ClFN2O2/c1-11(2)23-13-8-6-12(7-9-13)17(22)21-20-10-14-15(18)4-3-5-16(14)19/h3-11H,1-2H3,(H,21,22)/b20-10-. The molecule has 4 nitrogen and oxygen atoms in total. The van der Waals surface area contributed by atoms with Crippen LogP contribution in [0, 0.1) is 5.82 Å². The van der Waals surface area contributed by atoms with Gasteiger partial charge in [-0.15, -0.1) is 0 Å². The Balaban J connectivity index is 2.00. The third kappa shape index (κ3) is 4.79. The van der Waals surface area contributed by atoms with Crippen LogP contribution >= 0.6 is 11.6 Å². The Labute approximate surface area is 138 Å². The number of nitrogens with zero attached hydrogens (tertiary/aromatic N) is 1. The Morgan fingerprint density at radius 2 is 1.96 bits per heavy atom. The van der Waals surface area contributed by atoms with Crippen molar-refractivity contribution >= 4 is 23.7 Å². The quantitative estimate of drug-likeness (QED) is 0.663. The van der Waals surface area contributed by atoms with Crippen LogP contribution in [-0.2, 0) is 0 Å². The van der Waals surface area contributed by atoms with Gasteiger partial charge in [-0.3, -0.25) is 4.79 Å². The van der Waals surface area contributed by atoms with Crippen LogP contribution in [0.1, 0.15) is 29.8 Å². The molecule has 1 amide bonds. The number of carbonyl (C=O) groups excluding carboxylic acids is 1. The van der Waals surface area contributed by atoms with Gasteiger partial charge in [0.05, 0.1) is 17.3 Å². The number of rotatable bonds is 5. The summed E-state index contributed by atoms with van der Waals surface area (Å²) in [4.78, 5) is 11.9. The zero-order chi connectivity index (χ0) is 16.8. The van der Waals surface area contributed by atoms with E-state index in [1.165, 1.54) is 18.3 Å². The first-order valence-electron chi connectivity index (χ1n) is 7.01. The molecule has 2 rings (SSSR count). The molecular formula is C17H16ClFN2O2. The monoisotopic (exact) mass is 334 g/mol. The van der Waals surface area contributed by atoms with Crippen molar-refractivity contribution in [1.82, 2.24) is 5.43 Å². The van der Waals surface area contributed by atoms with Crippen molar-refractivity contribution in [2.24, 2.45) is 5.10 Å². The second-order valence-corrected chi connectivity index (χ2v) is 5.43. The van der Waals surface area contributed by atoms with Gasteiger partial charge in [0.25, 0.3) is 5.91 Å². The van der Waals surface area contributed by atoms with Gasteiger partial charge in [0.1, 0.15) is 11.6 Å². The summed E-state index contributed by atoms with van der Waals surface area (Å²) in [5, 5.41) is 3.95. The van der Waals surface area contributed by atoms with E-state index >= 15 is 0 Å². The molecule has 23 heavy (non-hydrogen) atoms. The molecule has 120 valence electrons. The average molecular weight is 335 g/mol. The van der Waals surface area contributed by atoms with Gasteiger partial charge in [0.15, 0.2) is 0 Å². The molecule has 0 bridgehead atoms. The van der Waals surface area contributed by atoms with Crippen LogP contribution in [-0.4, -0.2) is 18.2 Å². The van der Waals surface area contributed by atoms with Crippen molar-refractivity contribution in [2.45, 2.75) is 20.0 Å². The highest BCUT2D eigenvalue weighted by molar-refractivity contribution is 6.33. The second kappa shape index (κ2) is 7.74. The summed E-state index contributed by atoms with van der Waals surface area (Å²) in [6.45, 7) is 3.84. The lowest BCUT2D eigenvalue weighted by Gasteiger charge is -2.09. The number of ether oxygens (including phenoxy) is 1. The van der Waals surface area contributed by atoms with E-state index in [0.29, 0.717) is 11.3 Å². The summed E-state index contributed by atoms with van der Waals surface area (Å²) in [6.07, 6.45) is 1.23. The normalized spacial score (nSPS) is 11.0. The van der Waals surface area contributed by atoms with Crippen molar-refractivity contribution in [3.8, 4) is 5.75 Å². The Hall–Kier alpha value is -2.40. The largest absolute Gasteiger partial charge is 0.491 e. The molecule has 0 aliphatic heterocycles. The Bertz CT molecular complexity index is 695. The zero-order valence-electron chi connectivity index (χ0n) is 12.7. The van der Waals surface area contributed by atoms with E-state index < -0.39 is 11.7 Å². The third-order valence-corrected chi connectivity index (χ3v) is 3.18. The number of hydrazone groups is 1. The highest BCUT2D eigenvalue weighted by atomic mass is 35.5. The maximum absolute atomic E-state index is 13.5. The van der Waals surface area contributed by atoms with Crippen LogP contribution in [0.4, 0.5) is 4.39 Å². The maximum atomic E-state index is 13.5. The van der Waals surface area contributed by atoms with E-state index in [1.54, 1.807) is 30.3 Å². The van der Waals surface area contributed by atoms with Gasteiger partial charge < -0.3 is 4.74 Å². The first-order chi connectivity index (χ1) is 11.0. The zero-order valence-corrected chi connectivity index (χ0v) is 13.5. The van der Waals surface area contributed by atoms with E-state index in [4.69, 9.17) is 16.3 Å². The molecule has 0 radical (unpaired) electrons. The molecule has 0 saturated carbocycles. The van der Waals surface area contributed by atoms with Crippen LogP contribution in [0.5, 0.6) is 5.75 Å². The van der Waals surface area contributed by atoms with E-state index in [1.807, 2.05) is 13.8 Å². The van der Waals surface area contributed by atoms with E-state index in [9.17, 15) is 9.18 Å². The van der Waals surface area contributed by atoms with Gasteiger partial charge >= 0.3 is 0 Å². The fourth-order valence-corrected chi connectivity index (χ4v) is 2.02. The summed E-state index contributed by atoms with van der Waals surface area (Å²) in [5.74, 6) is -0.242. The summed E-state index contributed by atoms with van der Waals surface area (Å²) in [7, 11) is 0. The summed E-state index contributed by atoms with van der Waals surface area (Å²) in [5.41, 5.74) is 2.86. The molecular weight excluding hydrogens is 319 g/mol. The Kier molecular flexibility index (Phi) is 5.71. The Morgan fingerprint density at radius 1 is 1.26 bits per heavy atom. The van der Waals surface area contributed by atoms with E-state index in [2.05, 4.69) is 10.5 Å². The first-order valence-corrected chi connectivity index (χ1v) is 7.39. The van der Waals surface area contributed by atoms with Gasteiger partial charge in [-0.1, -0.05) is 17.7 Å². The van der Waals surface area contributed by atoms with Crippen LogP contribution in [0.25, 0.3) is 0 Å². The van der Waals surface area contributed by atoms with Crippen LogP contribution < -0.4 is 10.2 Å². The number of carbonyl (C=O) groups is 1. The minimum absolute atomic E-state index is 0.0600. The van der Waals surface area contributed by atoms with Crippen LogP contribution in [0.2, 0.25) is 5.02 Å². The smallest absolute Gasteiger partial charge is 0.271 e. The predicted octanol–water partition coefficient (Wildman–Crippen LogP) is 4.03. The first kappa shape index (κ1) is 17.0. The van der Waals surface area contributed by atoms with Gasteiger partial charge in [-0.25, -0.2) is 9.82 Å². The number of halogens is 2. The minimum Gasteiger partial charge on any atom is -0.491 e. The SMILES string of the molecule is CC(C)Oc1ccc(C(=O)N/N=C\c2c(F)cccc2Cl)cc1. The van der Waals surface area contributed by atoms with Gasteiger partial charge in [-0.2, -0.15) is 5.10 Å². The van der Waals surface area contributed by atoms with Crippen molar-refractivity contribution in [3.63, 3.8) is 0 Å². The number of amides is 1. The highest BCUT2D eigenvalue weighted by Gasteiger charge is 2.06. The fourth-order valence-electron chi connectivity index (χ4n) is 1.81. The number of hydrogen-bond acceptors (Lipinski definition) is 3. The molecule has 0 aromatic heterocycles. The van der Waals surface area contributed by atoms with Crippen LogP contribution in [0.3, 0.4) is 0 Å². The Morgan fingerprint density at radius 3 is 2.57 bits per heavy atom. The molecule has 0 heterocycles. The molecule has 0 spiro atoms. The number of hydrogen-bond donors (Lipinski definition) is 1. The molecule has 1 N–H and O–H groups in total. The molecule has 6 heteroatoms. The lowest BCUT2D eigenvalue weighted by atomic mass is 10.2. The summed E-state index contributed by atoms with van der Waals surface area (Å²) >= 11 is 5.86. The fraction of sp³-hybridized carbons (Fsp3) is 0.176. The number of nitrogens with one attached hydrogen (secondary N) is 1.